The Balaban J connectivity index is 2.09. The van der Waals surface area contributed by atoms with Crippen molar-refractivity contribution < 1.29 is 4.79 Å². The highest BCUT2D eigenvalue weighted by molar-refractivity contribution is 9.10. The summed E-state index contributed by atoms with van der Waals surface area (Å²) < 4.78 is 2.92. The summed E-state index contributed by atoms with van der Waals surface area (Å²) in [4.78, 5) is 11.9. The lowest BCUT2D eigenvalue weighted by Crippen LogP contribution is -2.19. The van der Waals surface area contributed by atoms with Crippen LogP contribution in [-0.2, 0) is 6.42 Å². The van der Waals surface area contributed by atoms with E-state index in [1.165, 1.54) is 0 Å². The quantitative estimate of drug-likeness (QED) is 0.809. The zero-order valence-corrected chi connectivity index (χ0v) is 11.6. The normalized spacial score (nSPS) is 18.8. The summed E-state index contributed by atoms with van der Waals surface area (Å²) in [7, 11) is 0. The van der Waals surface area contributed by atoms with Crippen molar-refractivity contribution in [3.05, 3.63) is 46.2 Å². The second-order valence-corrected chi connectivity index (χ2v) is 5.75. The van der Waals surface area contributed by atoms with E-state index in [0.717, 1.165) is 27.8 Å². The van der Waals surface area contributed by atoms with E-state index >= 15 is 0 Å². The Hall–Kier alpha value is -1.42. The van der Waals surface area contributed by atoms with Gasteiger partial charge in [0.1, 0.15) is 0 Å². The first-order valence-electron chi connectivity index (χ1n) is 6.01. The van der Waals surface area contributed by atoms with E-state index < -0.39 is 0 Å². The molecule has 4 heteroatoms. The van der Waals surface area contributed by atoms with Gasteiger partial charge in [-0.3, -0.25) is 4.79 Å². The van der Waals surface area contributed by atoms with E-state index in [9.17, 15) is 4.79 Å². The number of aromatic nitrogens is 2. The van der Waals surface area contributed by atoms with Crippen LogP contribution in [0, 0.1) is 5.92 Å². The summed E-state index contributed by atoms with van der Waals surface area (Å²) in [5.41, 5.74) is 2.83. The van der Waals surface area contributed by atoms with E-state index in [2.05, 4.69) is 28.0 Å². The van der Waals surface area contributed by atoms with Gasteiger partial charge in [-0.1, -0.05) is 22.9 Å². The van der Waals surface area contributed by atoms with Gasteiger partial charge in [0.25, 0.3) is 0 Å². The smallest absolute Gasteiger partial charge is 0.166 e. The Morgan fingerprint density at radius 1 is 1.28 bits per heavy atom. The van der Waals surface area contributed by atoms with Crippen molar-refractivity contribution in [1.82, 2.24) is 9.78 Å². The molecule has 3 nitrogen and oxygen atoms in total. The van der Waals surface area contributed by atoms with Crippen molar-refractivity contribution in [2.45, 2.75) is 19.8 Å². The van der Waals surface area contributed by atoms with Gasteiger partial charge in [-0.25, -0.2) is 4.68 Å². The fourth-order valence-corrected chi connectivity index (χ4v) is 2.70. The number of ketones is 1. The Morgan fingerprint density at radius 2 is 2.00 bits per heavy atom. The van der Waals surface area contributed by atoms with Crippen LogP contribution < -0.4 is 0 Å². The highest BCUT2D eigenvalue weighted by atomic mass is 79.9. The molecule has 0 unspecified atom stereocenters. The first kappa shape index (κ1) is 11.7. The predicted molar refractivity (Wildman–Crippen MR) is 73.1 cm³/mol. The molecule has 3 rings (SSSR count). The third kappa shape index (κ3) is 1.90. The fraction of sp³-hybridized carbons (Fsp3) is 0.286. The molecule has 1 atom stereocenters. The maximum Gasteiger partial charge on any atom is 0.166 e. The van der Waals surface area contributed by atoms with Crippen molar-refractivity contribution in [3.8, 4) is 5.69 Å². The Morgan fingerprint density at radius 3 is 2.72 bits per heavy atom. The lowest BCUT2D eigenvalue weighted by atomic mass is 9.88. The molecule has 0 saturated carbocycles. The number of hydrogen-bond acceptors (Lipinski definition) is 2. The van der Waals surface area contributed by atoms with Gasteiger partial charge in [0.05, 0.1) is 23.1 Å². The molecule has 92 valence electrons. The largest absolute Gasteiger partial charge is 0.294 e. The molecule has 0 bridgehead atoms. The molecule has 1 aromatic heterocycles. The topological polar surface area (TPSA) is 34.9 Å². The highest BCUT2D eigenvalue weighted by Crippen LogP contribution is 2.27. The van der Waals surface area contributed by atoms with Gasteiger partial charge in [0.2, 0.25) is 0 Å². The molecule has 0 spiro atoms. The maximum absolute atomic E-state index is 11.9. The highest BCUT2D eigenvalue weighted by Gasteiger charge is 2.26. The van der Waals surface area contributed by atoms with Crippen LogP contribution in [0.1, 0.15) is 29.4 Å². The number of halogens is 1. The molecule has 0 radical (unpaired) electrons. The van der Waals surface area contributed by atoms with Crippen LogP contribution in [0.4, 0.5) is 0 Å². The zero-order valence-electron chi connectivity index (χ0n) is 10.1. The second-order valence-electron chi connectivity index (χ2n) is 4.83. The number of Topliss-reactive ketones (excluding diaryl/α,β-unsaturated/α-hetero) is 1. The van der Waals surface area contributed by atoms with Crippen LogP contribution in [-0.4, -0.2) is 15.6 Å². The lowest BCUT2D eigenvalue weighted by Gasteiger charge is -2.18. The van der Waals surface area contributed by atoms with Gasteiger partial charge in [-0.15, -0.1) is 0 Å². The summed E-state index contributed by atoms with van der Waals surface area (Å²) >= 11 is 3.42. The SMILES string of the molecule is C[C@@H]1CC(=O)c2cnn(-c3ccc(Br)cc3)c2C1. The third-order valence-electron chi connectivity index (χ3n) is 3.32. The van der Waals surface area contributed by atoms with Crippen molar-refractivity contribution in [2.75, 3.05) is 0 Å². The van der Waals surface area contributed by atoms with Crippen LogP contribution >= 0.6 is 15.9 Å². The van der Waals surface area contributed by atoms with E-state index in [1.54, 1.807) is 6.20 Å². The second kappa shape index (κ2) is 4.35. The van der Waals surface area contributed by atoms with Crippen LogP contribution in [0.25, 0.3) is 5.69 Å². The molecule has 0 aliphatic heterocycles. The molecular weight excluding hydrogens is 292 g/mol. The van der Waals surface area contributed by atoms with Crippen LogP contribution in [0.2, 0.25) is 0 Å². The van der Waals surface area contributed by atoms with Crippen molar-refractivity contribution >= 4 is 21.7 Å². The molecule has 0 saturated heterocycles. The van der Waals surface area contributed by atoms with Crippen molar-refractivity contribution in [3.63, 3.8) is 0 Å². The van der Waals surface area contributed by atoms with Gasteiger partial charge < -0.3 is 0 Å². The molecule has 0 amide bonds. The average molecular weight is 305 g/mol. The first-order chi connectivity index (χ1) is 8.65. The number of carbonyl (C=O) groups is 1. The Kier molecular flexibility index (Phi) is 2.82. The van der Waals surface area contributed by atoms with Crippen LogP contribution in [0.3, 0.4) is 0 Å². The standard InChI is InChI=1S/C14H13BrN2O/c1-9-6-13-12(14(18)7-9)8-16-17(13)11-4-2-10(15)3-5-11/h2-5,8-9H,6-7H2,1H3/t9-/m0/s1. The Labute approximate surface area is 114 Å². The molecule has 1 aliphatic rings. The summed E-state index contributed by atoms with van der Waals surface area (Å²) in [6, 6.07) is 7.97. The monoisotopic (exact) mass is 304 g/mol. The fourth-order valence-electron chi connectivity index (χ4n) is 2.44. The molecule has 1 aliphatic carbocycles. The first-order valence-corrected chi connectivity index (χ1v) is 6.80. The van der Waals surface area contributed by atoms with E-state index in [1.807, 2.05) is 28.9 Å². The predicted octanol–water partition coefficient (Wildman–Crippen LogP) is 3.40. The van der Waals surface area contributed by atoms with Crippen molar-refractivity contribution in [2.24, 2.45) is 5.92 Å². The third-order valence-corrected chi connectivity index (χ3v) is 3.84. The minimum atomic E-state index is 0.215. The molecular formula is C14H13BrN2O. The van der Waals surface area contributed by atoms with E-state index in [-0.39, 0.29) is 5.78 Å². The molecule has 2 aromatic rings. The number of benzene rings is 1. The Bertz CT molecular complexity index is 601. The van der Waals surface area contributed by atoms with Gasteiger partial charge in [0, 0.05) is 10.9 Å². The lowest BCUT2D eigenvalue weighted by molar-refractivity contribution is 0.0953. The van der Waals surface area contributed by atoms with Gasteiger partial charge in [-0.05, 0) is 36.6 Å². The van der Waals surface area contributed by atoms with E-state index in [0.29, 0.717) is 12.3 Å². The van der Waals surface area contributed by atoms with Gasteiger partial charge in [-0.2, -0.15) is 5.10 Å². The minimum Gasteiger partial charge on any atom is -0.294 e. The zero-order chi connectivity index (χ0) is 12.7. The number of hydrogen-bond donors (Lipinski definition) is 0. The van der Waals surface area contributed by atoms with Crippen LogP contribution in [0.15, 0.2) is 34.9 Å². The number of rotatable bonds is 1. The molecule has 1 aromatic carbocycles. The van der Waals surface area contributed by atoms with Crippen molar-refractivity contribution in [1.29, 1.82) is 0 Å². The minimum absolute atomic E-state index is 0.215. The van der Waals surface area contributed by atoms with Gasteiger partial charge >= 0.3 is 0 Å². The maximum atomic E-state index is 11.9. The summed E-state index contributed by atoms with van der Waals surface area (Å²) in [6.07, 6.45) is 3.25. The van der Waals surface area contributed by atoms with Gasteiger partial charge in [0.15, 0.2) is 5.78 Å². The molecule has 18 heavy (non-hydrogen) atoms. The summed E-state index contributed by atoms with van der Waals surface area (Å²) in [5.74, 6) is 0.614. The number of carbonyl (C=O) groups excluding carboxylic acids is 1. The number of nitrogens with zero attached hydrogens (tertiary/aromatic N) is 2. The number of fused-ring (bicyclic) bond motifs is 1. The van der Waals surface area contributed by atoms with Crippen LogP contribution in [0.5, 0.6) is 0 Å². The molecule has 0 N–H and O–H groups in total. The summed E-state index contributed by atoms with van der Waals surface area (Å²) in [6.45, 7) is 2.11. The molecule has 1 heterocycles. The van der Waals surface area contributed by atoms with E-state index in [4.69, 9.17) is 0 Å². The molecule has 0 fully saturated rings. The summed E-state index contributed by atoms with van der Waals surface area (Å²) in [5, 5.41) is 4.36. The average Bonchev–Trinajstić information content (AvgIpc) is 2.74.